The van der Waals surface area contributed by atoms with Gasteiger partial charge in [-0.3, -0.25) is 4.79 Å². The van der Waals surface area contributed by atoms with Crippen molar-refractivity contribution in [3.05, 3.63) is 64.2 Å². The summed E-state index contributed by atoms with van der Waals surface area (Å²) in [6, 6.07) is 11.4. The third kappa shape index (κ3) is 6.15. The van der Waals surface area contributed by atoms with Gasteiger partial charge < -0.3 is 14.6 Å². The van der Waals surface area contributed by atoms with E-state index in [1.807, 2.05) is 16.7 Å². The maximum atomic E-state index is 13.9. The molecule has 3 rings (SSSR count). The van der Waals surface area contributed by atoms with Gasteiger partial charge in [-0.1, -0.05) is 60.9 Å². The van der Waals surface area contributed by atoms with Crippen LogP contribution in [0.3, 0.4) is 0 Å². The van der Waals surface area contributed by atoms with E-state index in [1.165, 1.54) is 30.0 Å². The summed E-state index contributed by atoms with van der Waals surface area (Å²) in [6.07, 6.45) is 1.72. The summed E-state index contributed by atoms with van der Waals surface area (Å²) in [7, 11) is 0. The number of benzene rings is 2. The molecule has 170 valence electrons. The number of nitrogens with one attached hydrogen (secondary N) is 1. The Morgan fingerprint density at radius 3 is 2.66 bits per heavy atom. The van der Waals surface area contributed by atoms with Crippen LogP contribution in [0.25, 0.3) is 0 Å². The molecule has 0 aliphatic heterocycles. The number of anilines is 1. The molecule has 2 aromatic carbocycles. The highest BCUT2D eigenvalue weighted by Gasteiger charge is 2.20. The van der Waals surface area contributed by atoms with Crippen molar-refractivity contribution in [3.8, 4) is 5.75 Å². The standard InChI is InChI=1S/C22H23Cl2FN4O2S/c1-3-15(4-2)29-20(12-31-19-8-6-5-7-16(19)24)27-28-22(29)32-13-21(30)26-18-11-14(23)9-10-17(18)25/h5-11,15H,3-4,12-13H2,1-2H3,(H,26,30). The molecular formula is C22H23Cl2FN4O2S. The van der Waals surface area contributed by atoms with Crippen LogP contribution in [0, 0.1) is 5.82 Å². The molecule has 0 atom stereocenters. The topological polar surface area (TPSA) is 69.0 Å². The Kier molecular flexibility index (Phi) is 8.78. The molecule has 0 saturated carbocycles. The van der Waals surface area contributed by atoms with E-state index in [2.05, 4.69) is 29.4 Å². The van der Waals surface area contributed by atoms with Crippen LogP contribution >= 0.6 is 35.0 Å². The van der Waals surface area contributed by atoms with Gasteiger partial charge in [0.15, 0.2) is 11.0 Å². The van der Waals surface area contributed by atoms with Crippen molar-refractivity contribution >= 4 is 46.6 Å². The SMILES string of the molecule is CCC(CC)n1c(COc2ccccc2Cl)nnc1SCC(=O)Nc1cc(Cl)ccc1F. The molecule has 0 unspecified atom stereocenters. The molecule has 10 heteroatoms. The molecule has 0 fully saturated rings. The van der Waals surface area contributed by atoms with E-state index in [9.17, 15) is 9.18 Å². The van der Waals surface area contributed by atoms with Gasteiger partial charge in [0.2, 0.25) is 5.91 Å². The minimum atomic E-state index is -0.549. The number of hydrogen-bond acceptors (Lipinski definition) is 5. The molecule has 1 amide bonds. The van der Waals surface area contributed by atoms with E-state index in [0.29, 0.717) is 26.8 Å². The Bertz CT molecular complexity index is 1080. The van der Waals surface area contributed by atoms with Gasteiger partial charge in [0.1, 0.15) is 18.2 Å². The molecule has 3 aromatic rings. The van der Waals surface area contributed by atoms with Crippen molar-refractivity contribution in [2.45, 2.75) is 44.5 Å². The van der Waals surface area contributed by atoms with Crippen molar-refractivity contribution in [1.82, 2.24) is 14.8 Å². The summed E-state index contributed by atoms with van der Waals surface area (Å²) in [5.74, 6) is 0.319. The number of aromatic nitrogens is 3. The number of carbonyl (C=O) groups is 1. The molecular weight excluding hydrogens is 474 g/mol. The van der Waals surface area contributed by atoms with Gasteiger partial charge in [0.05, 0.1) is 16.5 Å². The van der Waals surface area contributed by atoms with Crippen LogP contribution < -0.4 is 10.1 Å². The van der Waals surface area contributed by atoms with Crippen molar-refractivity contribution in [3.63, 3.8) is 0 Å². The minimum Gasteiger partial charge on any atom is -0.484 e. The number of para-hydroxylation sites is 1. The monoisotopic (exact) mass is 496 g/mol. The summed E-state index contributed by atoms with van der Waals surface area (Å²) in [6.45, 7) is 4.35. The van der Waals surface area contributed by atoms with E-state index in [-0.39, 0.29) is 30.0 Å². The van der Waals surface area contributed by atoms with Crippen LogP contribution in [-0.4, -0.2) is 26.4 Å². The summed E-state index contributed by atoms with van der Waals surface area (Å²) in [5, 5.41) is 12.5. The third-order valence-electron chi connectivity index (χ3n) is 4.77. The van der Waals surface area contributed by atoms with Crippen LogP contribution in [0.15, 0.2) is 47.6 Å². The summed E-state index contributed by atoms with van der Waals surface area (Å²) >= 11 is 13.3. The fourth-order valence-electron chi connectivity index (χ4n) is 3.14. The number of thioether (sulfide) groups is 1. The lowest BCUT2D eigenvalue weighted by Crippen LogP contribution is -2.17. The van der Waals surface area contributed by atoms with Crippen LogP contribution in [-0.2, 0) is 11.4 Å². The lowest BCUT2D eigenvalue weighted by molar-refractivity contribution is -0.113. The van der Waals surface area contributed by atoms with E-state index >= 15 is 0 Å². The summed E-state index contributed by atoms with van der Waals surface area (Å²) in [4.78, 5) is 12.4. The van der Waals surface area contributed by atoms with Crippen LogP contribution in [0.4, 0.5) is 10.1 Å². The Balaban J connectivity index is 1.72. The summed E-state index contributed by atoms with van der Waals surface area (Å²) < 4.78 is 21.7. The zero-order valence-corrected chi connectivity index (χ0v) is 20.0. The van der Waals surface area contributed by atoms with Gasteiger partial charge in [0.25, 0.3) is 0 Å². The second-order valence-corrected chi connectivity index (χ2v) is 8.71. The lowest BCUT2D eigenvalue weighted by atomic mass is 10.2. The average Bonchev–Trinajstić information content (AvgIpc) is 3.18. The molecule has 1 heterocycles. The van der Waals surface area contributed by atoms with Gasteiger partial charge in [-0.05, 0) is 43.2 Å². The largest absolute Gasteiger partial charge is 0.484 e. The average molecular weight is 497 g/mol. The van der Waals surface area contributed by atoms with E-state index in [4.69, 9.17) is 27.9 Å². The van der Waals surface area contributed by atoms with Crippen LogP contribution in [0.1, 0.15) is 38.6 Å². The van der Waals surface area contributed by atoms with Crippen molar-refractivity contribution in [1.29, 1.82) is 0 Å². The number of halogens is 3. The second-order valence-electron chi connectivity index (χ2n) is 6.92. The van der Waals surface area contributed by atoms with Crippen molar-refractivity contribution < 1.29 is 13.9 Å². The predicted octanol–water partition coefficient (Wildman–Crippen LogP) is 6.39. The number of rotatable bonds is 10. The van der Waals surface area contributed by atoms with Crippen molar-refractivity contribution in [2.24, 2.45) is 0 Å². The van der Waals surface area contributed by atoms with Gasteiger partial charge >= 0.3 is 0 Å². The Morgan fingerprint density at radius 1 is 1.19 bits per heavy atom. The molecule has 0 bridgehead atoms. The molecule has 0 radical (unpaired) electrons. The number of amides is 1. The highest BCUT2D eigenvalue weighted by Crippen LogP contribution is 2.28. The number of hydrogen-bond donors (Lipinski definition) is 1. The van der Waals surface area contributed by atoms with E-state index in [1.54, 1.807) is 12.1 Å². The van der Waals surface area contributed by atoms with Crippen LogP contribution in [0.5, 0.6) is 5.75 Å². The Hall–Kier alpha value is -2.29. The highest BCUT2D eigenvalue weighted by atomic mass is 35.5. The van der Waals surface area contributed by atoms with E-state index < -0.39 is 5.82 Å². The fourth-order valence-corrected chi connectivity index (χ4v) is 4.33. The first kappa shape index (κ1) is 24.4. The smallest absolute Gasteiger partial charge is 0.234 e. The van der Waals surface area contributed by atoms with Gasteiger partial charge in [-0.2, -0.15) is 0 Å². The predicted molar refractivity (Wildman–Crippen MR) is 126 cm³/mol. The Morgan fingerprint density at radius 2 is 1.94 bits per heavy atom. The first-order valence-corrected chi connectivity index (χ1v) is 11.9. The highest BCUT2D eigenvalue weighted by molar-refractivity contribution is 7.99. The normalized spacial score (nSPS) is 11.1. The molecule has 0 saturated heterocycles. The zero-order valence-electron chi connectivity index (χ0n) is 17.6. The summed E-state index contributed by atoms with van der Waals surface area (Å²) in [5.41, 5.74) is 0.0402. The second kappa shape index (κ2) is 11.5. The number of carbonyl (C=O) groups excluding carboxylic acids is 1. The molecule has 0 spiro atoms. The third-order valence-corrected chi connectivity index (χ3v) is 6.26. The quantitative estimate of drug-likeness (QED) is 0.329. The molecule has 1 aromatic heterocycles. The first-order valence-electron chi connectivity index (χ1n) is 10.1. The van der Waals surface area contributed by atoms with Crippen molar-refractivity contribution in [2.75, 3.05) is 11.1 Å². The maximum Gasteiger partial charge on any atom is 0.234 e. The fraction of sp³-hybridized carbons (Fsp3) is 0.318. The van der Waals surface area contributed by atoms with Gasteiger partial charge in [-0.25, -0.2) is 4.39 Å². The van der Waals surface area contributed by atoms with Crippen LogP contribution in [0.2, 0.25) is 10.0 Å². The maximum absolute atomic E-state index is 13.9. The molecule has 6 nitrogen and oxygen atoms in total. The molecule has 0 aliphatic rings. The number of nitrogens with zero attached hydrogens (tertiary/aromatic N) is 3. The van der Waals surface area contributed by atoms with Gasteiger partial charge in [0, 0.05) is 11.1 Å². The number of ether oxygens (including phenoxy) is 1. The van der Waals surface area contributed by atoms with Gasteiger partial charge in [-0.15, -0.1) is 10.2 Å². The lowest BCUT2D eigenvalue weighted by Gasteiger charge is -2.19. The Labute approximate surface area is 200 Å². The van der Waals surface area contributed by atoms with E-state index in [0.717, 1.165) is 12.8 Å². The molecule has 0 aliphatic carbocycles. The zero-order chi connectivity index (χ0) is 23.1. The first-order chi connectivity index (χ1) is 15.4. The molecule has 1 N–H and O–H groups in total. The minimum absolute atomic E-state index is 0.0373. The molecule has 32 heavy (non-hydrogen) atoms.